The highest BCUT2D eigenvalue weighted by atomic mass is 79.9. The molecule has 10 heavy (non-hydrogen) atoms. The zero-order valence-electron chi connectivity index (χ0n) is 5.80. The molecule has 1 aromatic heterocycles. The summed E-state index contributed by atoms with van der Waals surface area (Å²) in [5.74, 6) is 1.45. The highest BCUT2D eigenvalue weighted by Crippen LogP contribution is 2.00. The molecule has 0 fully saturated rings. The lowest BCUT2D eigenvalue weighted by atomic mass is 10.3. The quantitative estimate of drug-likeness (QED) is 0.705. The van der Waals surface area contributed by atoms with E-state index in [0.29, 0.717) is 5.82 Å². The van der Waals surface area contributed by atoms with Gasteiger partial charge in [0, 0.05) is 11.8 Å². The zero-order chi connectivity index (χ0) is 7.40. The molecule has 0 aliphatic carbocycles. The van der Waals surface area contributed by atoms with Gasteiger partial charge in [0.25, 0.3) is 0 Å². The zero-order valence-corrected chi connectivity index (χ0v) is 7.39. The summed E-state index contributed by atoms with van der Waals surface area (Å²) in [4.78, 5) is 4.05. The van der Waals surface area contributed by atoms with Crippen molar-refractivity contribution in [2.24, 2.45) is 0 Å². The summed E-state index contributed by atoms with van der Waals surface area (Å²) in [6.45, 7) is 1.82. The molecule has 1 heterocycles. The van der Waals surface area contributed by atoms with Gasteiger partial charge in [0.05, 0.1) is 0 Å². The third-order valence-electron chi connectivity index (χ3n) is 1.09. The molecule has 0 unspecified atom stereocenters. The number of hydrogen-bond acceptors (Lipinski definition) is 3. The van der Waals surface area contributed by atoms with E-state index >= 15 is 0 Å². The topological polar surface area (TPSA) is 38.9 Å². The fourth-order valence-corrected chi connectivity index (χ4v) is 0.940. The number of hydrogen-bond donors (Lipinski definition) is 0. The Kier molecular flexibility index (Phi) is 2.86. The van der Waals surface area contributed by atoms with Crippen molar-refractivity contribution in [3.63, 3.8) is 0 Å². The molecule has 0 aliphatic heterocycles. The summed E-state index contributed by atoms with van der Waals surface area (Å²) in [6.07, 6.45) is 1.91. The van der Waals surface area contributed by atoms with Crippen molar-refractivity contribution in [1.82, 2.24) is 10.1 Å². The smallest absolute Gasteiger partial charge is 0.226 e. The summed E-state index contributed by atoms with van der Waals surface area (Å²) in [6, 6.07) is 0. The number of aryl methyl sites for hydroxylation is 2. The minimum absolute atomic E-state index is 0.713. The predicted octanol–water partition coefficient (Wildman–Crippen LogP) is 1.71. The molecule has 1 rings (SSSR count). The van der Waals surface area contributed by atoms with Crippen molar-refractivity contribution < 1.29 is 4.52 Å². The molecule has 0 radical (unpaired) electrons. The standard InChI is InChI=1S/C6H9BrN2O/c1-5-8-6(10-9-5)3-2-4-7/h2-4H2,1H3. The van der Waals surface area contributed by atoms with E-state index in [-0.39, 0.29) is 0 Å². The Labute approximate surface area is 67.9 Å². The van der Waals surface area contributed by atoms with E-state index in [4.69, 9.17) is 4.52 Å². The molecule has 0 bridgehead atoms. The first-order valence-electron chi connectivity index (χ1n) is 3.18. The molecule has 0 N–H and O–H groups in total. The number of alkyl halides is 1. The Morgan fingerprint density at radius 1 is 1.60 bits per heavy atom. The highest BCUT2D eigenvalue weighted by Gasteiger charge is 1.99. The van der Waals surface area contributed by atoms with Gasteiger partial charge in [0.15, 0.2) is 5.82 Å². The van der Waals surface area contributed by atoms with Crippen LogP contribution in [0.15, 0.2) is 4.52 Å². The van der Waals surface area contributed by atoms with Crippen LogP contribution in [0.25, 0.3) is 0 Å². The average Bonchev–Trinajstić information content (AvgIpc) is 2.31. The van der Waals surface area contributed by atoms with Gasteiger partial charge in [-0.25, -0.2) is 0 Å². The van der Waals surface area contributed by atoms with Gasteiger partial charge in [-0.1, -0.05) is 21.1 Å². The van der Waals surface area contributed by atoms with E-state index in [1.807, 2.05) is 6.92 Å². The normalized spacial score (nSPS) is 10.2. The molecule has 0 spiro atoms. The largest absolute Gasteiger partial charge is 0.339 e. The molecule has 0 amide bonds. The minimum Gasteiger partial charge on any atom is -0.339 e. The fraction of sp³-hybridized carbons (Fsp3) is 0.667. The monoisotopic (exact) mass is 204 g/mol. The van der Waals surface area contributed by atoms with Crippen LogP contribution in [-0.4, -0.2) is 15.5 Å². The van der Waals surface area contributed by atoms with E-state index < -0.39 is 0 Å². The van der Waals surface area contributed by atoms with E-state index in [1.54, 1.807) is 0 Å². The second kappa shape index (κ2) is 3.71. The van der Waals surface area contributed by atoms with Crippen molar-refractivity contribution in [3.05, 3.63) is 11.7 Å². The maximum Gasteiger partial charge on any atom is 0.226 e. The molecule has 4 heteroatoms. The van der Waals surface area contributed by atoms with Gasteiger partial charge in [0.2, 0.25) is 5.89 Å². The molecule has 3 nitrogen and oxygen atoms in total. The van der Waals surface area contributed by atoms with Crippen molar-refractivity contribution in [1.29, 1.82) is 0 Å². The lowest BCUT2D eigenvalue weighted by Gasteiger charge is -1.86. The highest BCUT2D eigenvalue weighted by molar-refractivity contribution is 9.09. The predicted molar refractivity (Wildman–Crippen MR) is 41.2 cm³/mol. The SMILES string of the molecule is Cc1noc(CCCBr)n1. The average molecular weight is 205 g/mol. The molecular weight excluding hydrogens is 196 g/mol. The number of aromatic nitrogens is 2. The van der Waals surface area contributed by atoms with Gasteiger partial charge < -0.3 is 4.52 Å². The van der Waals surface area contributed by atoms with E-state index in [1.165, 1.54) is 0 Å². The van der Waals surface area contributed by atoms with E-state index in [9.17, 15) is 0 Å². The Balaban J connectivity index is 2.42. The van der Waals surface area contributed by atoms with Crippen LogP contribution >= 0.6 is 15.9 Å². The Bertz CT molecular complexity index is 199. The van der Waals surface area contributed by atoms with Gasteiger partial charge in [-0.15, -0.1) is 0 Å². The van der Waals surface area contributed by atoms with Crippen LogP contribution in [-0.2, 0) is 6.42 Å². The molecule has 1 aromatic rings. The Hall–Kier alpha value is -0.380. The maximum atomic E-state index is 4.88. The van der Waals surface area contributed by atoms with Gasteiger partial charge in [-0.2, -0.15) is 4.98 Å². The lowest BCUT2D eigenvalue weighted by molar-refractivity contribution is 0.374. The van der Waals surface area contributed by atoms with Crippen molar-refractivity contribution >= 4 is 15.9 Å². The molecule has 56 valence electrons. The Morgan fingerprint density at radius 2 is 2.40 bits per heavy atom. The van der Waals surface area contributed by atoms with Gasteiger partial charge in [0.1, 0.15) is 0 Å². The van der Waals surface area contributed by atoms with Gasteiger partial charge in [-0.3, -0.25) is 0 Å². The van der Waals surface area contributed by atoms with Crippen LogP contribution in [0.1, 0.15) is 18.1 Å². The molecule has 0 aromatic carbocycles. The summed E-state index contributed by atoms with van der Waals surface area (Å²) >= 11 is 3.32. The summed E-state index contributed by atoms with van der Waals surface area (Å²) in [5, 5.41) is 4.65. The number of halogens is 1. The molecular formula is C6H9BrN2O. The van der Waals surface area contributed by atoms with Gasteiger partial charge in [-0.05, 0) is 13.3 Å². The lowest BCUT2D eigenvalue weighted by Crippen LogP contribution is -1.85. The maximum absolute atomic E-state index is 4.88. The molecule has 0 aliphatic rings. The molecule has 0 saturated heterocycles. The Morgan fingerprint density at radius 3 is 2.90 bits per heavy atom. The van der Waals surface area contributed by atoms with Crippen LogP contribution in [0.2, 0.25) is 0 Å². The first-order chi connectivity index (χ1) is 4.83. The molecule has 0 atom stereocenters. The van der Waals surface area contributed by atoms with Crippen molar-refractivity contribution in [2.75, 3.05) is 5.33 Å². The number of rotatable bonds is 3. The second-order valence-corrected chi connectivity index (χ2v) is 2.82. The summed E-state index contributed by atoms with van der Waals surface area (Å²) in [7, 11) is 0. The van der Waals surface area contributed by atoms with Crippen molar-refractivity contribution in [2.45, 2.75) is 19.8 Å². The first-order valence-corrected chi connectivity index (χ1v) is 4.30. The van der Waals surface area contributed by atoms with Crippen molar-refractivity contribution in [3.8, 4) is 0 Å². The summed E-state index contributed by atoms with van der Waals surface area (Å²) < 4.78 is 4.88. The number of nitrogens with zero attached hydrogens (tertiary/aromatic N) is 2. The third kappa shape index (κ3) is 2.10. The van der Waals surface area contributed by atoms with Crippen LogP contribution in [0.4, 0.5) is 0 Å². The fourth-order valence-electron chi connectivity index (χ4n) is 0.660. The van der Waals surface area contributed by atoms with Crippen LogP contribution < -0.4 is 0 Å². The van der Waals surface area contributed by atoms with Crippen LogP contribution in [0.3, 0.4) is 0 Å². The van der Waals surface area contributed by atoms with E-state index in [2.05, 4.69) is 26.1 Å². The molecule has 0 saturated carbocycles. The second-order valence-electron chi connectivity index (χ2n) is 2.03. The van der Waals surface area contributed by atoms with E-state index in [0.717, 1.165) is 24.1 Å². The third-order valence-corrected chi connectivity index (χ3v) is 1.65. The first kappa shape index (κ1) is 7.72. The van der Waals surface area contributed by atoms with Crippen LogP contribution in [0, 0.1) is 6.92 Å². The van der Waals surface area contributed by atoms with Crippen LogP contribution in [0.5, 0.6) is 0 Å². The summed E-state index contributed by atoms with van der Waals surface area (Å²) in [5.41, 5.74) is 0. The minimum atomic E-state index is 0.713. The van der Waals surface area contributed by atoms with Gasteiger partial charge >= 0.3 is 0 Å².